The van der Waals surface area contributed by atoms with Crippen LogP contribution < -0.4 is 10.6 Å². The number of fused-ring (bicyclic) bond motifs is 3. The van der Waals surface area contributed by atoms with Crippen LogP contribution in [0.25, 0.3) is 0 Å². The van der Waals surface area contributed by atoms with Crippen molar-refractivity contribution < 1.29 is 42.6 Å². The van der Waals surface area contributed by atoms with Crippen LogP contribution in [-0.4, -0.2) is 81.9 Å². The van der Waals surface area contributed by atoms with Crippen molar-refractivity contribution in [3.63, 3.8) is 0 Å². The highest BCUT2D eigenvalue weighted by Gasteiger charge is 2.67. The van der Waals surface area contributed by atoms with Crippen LogP contribution in [0.4, 0.5) is 9.59 Å². The number of amides is 4. The van der Waals surface area contributed by atoms with Crippen molar-refractivity contribution in [1.82, 2.24) is 20.4 Å². The summed E-state index contributed by atoms with van der Waals surface area (Å²) in [5.74, 6) is -1.78. The molecule has 14 heteroatoms. The van der Waals surface area contributed by atoms with Gasteiger partial charge in [-0.15, -0.1) is 6.58 Å². The predicted octanol–water partition coefficient (Wildman–Crippen LogP) is 5.24. The second kappa shape index (κ2) is 14.3. The van der Waals surface area contributed by atoms with E-state index in [1.54, 1.807) is 32.6 Å². The van der Waals surface area contributed by atoms with Gasteiger partial charge in [0.05, 0.1) is 19.8 Å². The van der Waals surface area contributed by atoms with Gasteiger partial charge in [-0.2, -0.15) is 0 Å². The van der Waals surface area contributed by atoms with Gasteiger partial charge in [0.25, 0.3) is 0 Å². The van der Waals surface area contributed by atoms with Crippen molar-refractivity contribution in [3.8, 4) is 0 Å². The molecule has 0 radical (unpaired) electrons. The summed E-state index contributed by atoms with van der Waals surface area (Å²) in [6.07, 6.45) is 2.94. The fourth-order valence-corrected chi connectivity index (χ4v) is 9.14. The van der Waals surface area contributed by atoms with Crippen LogP contribution >= 0.6 is 7.60 Å². The Morgan fingerprint density at radius 3 is 2.58 bits per heavy atom. The topological polar surface area (TPSA) is 164 Å². The molecule has 276 valence electrons. The SMILES string of the molecule is C=C[C@@H]1C[C@]1(NC(=O)[C@@H]1C[C@@H]2CN1C(=O)[C@H](C(C)(C)C)NC(=O)OCC(C)(C)CCCCc1cccc3c1CN(C3)C(=O)O2)P(=O)(O)OCC. The van der Waals surface area contributed by atoms with Crippen molar-refractivity contribution >= 4 is 31.6 Å². The molecule has 1 aliphatic carbocycles. The van der Waals surface area contributed by atoms with Crippen molar-refractivity contribution in [2.45, 2.75) is 117 Å². The number of benzene rings is 1. The molecule has 3 heterocycles. The lowest BCUT2D eigenvalue weighted by Gasteiger charge is -2.36. The van der Waals surface area contributed by atoms with Crippen LogP contribution in [0.1, 0.15) is 90.3 Å². The third-order valence-corrected chi connectivity index (χ3v) is 12.6. The van der Waals surface area contributed by atoms with E-state index in [1.165, 1.54) is 16.5 Å². The number of aryl methyl sites for hydroxylation is 1. The molecule has 4 bridgehead atoms. The average molecular weight is 717 g/mol. The van der Waals surface area contributed by atoms with Gasteiger partial charge in [-0.3, -0.25) is 19.1 Å². The van der Waals surface area contributed by atoms with E-state index in [4.69, 9.17) is 14.0 Å². The molecular weight excluding hydrogens is 663 g/mol. The first kappa shape index (κ1) is 37.8. The number of ether oxygens (including phenoxy) is 2. The maximum absolute atomic E-state index is 14.4. The summed E-state index contributed by atoms with van der Waals surface area (Å²) in [5.41, 5.74) is 2.24. The Balaban J connectivity index is 1.46. The van der Waals surface area contributed by atoms with Gasteiger partial charge in [0, 0.05) is 25.4 Å². The van der Waals surface area contributed by atoms with E-state index < -0.39 is 66.4 Å². The molecule has 3 N–H and O–H groups in total. The highest BCUT2D eigenvalue weighted by atomic mass is 31.2. The van der Waals surface area contributed by atoms with Gasteiger partial charge in [-0.1, -0.05) is 65.3 Å². The average Bonchev–Trinajstić information content (AvgIpc) is 3.35. The third-order valence-electron chi connectivity index (χ3n) is 10.4. The lowest BCUT2D eigenvalue weighted by molar-refractivity contribution is -0.142. The molecule has 4 aliphatic rings. The zero-order valence-corrected chi connectivity index (χ0v) is 31.1. The van der Waals surface area contributed by atoms with Gasteiger partial charge in [-0.05, 0) is 60.1 Å². The molecule has 13 nitrogen and oxygen atoms in total. The molecule has 3 aliphatic heterocycles. The minimum Gasteiger partial charge on any atom is -0.449 e. The lowest BCUT2D eigenvalue weighted by Crippen LogP contribution is -2.58. The number of nitrogens with zero attached hydrogens (tertiary/aromatic N) is 2. The second-order valence-electron chi connectivity index (χ2n) is 15.9. The van der Waals surface area contributed by atoms with Crippen LogP contribution in [0.5, 0.6) is 0 Å². The van der Waals surface area contributed by atoms with E-state index in [1.807, 2.05) is 26.0 Å². The number of carbonyl (C=O) groups is 4. The smallest absolute Gasteiger partial charge is 0.410 e. The highest BCUT2D eigenvalue weighted by molar-refractivity contribution is 7.55. The Bertz CT molecular complexity index is 1560. The van der Waals surface area contributed by atoms with Crippen LogP contribution in [0.15, 0.2) is 30.9 Å². The number of nitrogens with one attached hydrogen (secondary N) is 2. The van der Waals surface area contributed by atoms with E-state index in [2.05, 4.69) is 23.3 Å². The monoisotopic (exact) mass is 716 g/mol. The number of alkyl carbamates (subject to hydrolysis) is 1. The fourth-order valence-electron chi connectivity index (χ4n) is 7.35. The molecule has 1 aromatic rings. The summed E-state index contributed by atoms with van der Waals surface area (Å²) < 4.78 is 30.2. The highest BCUT2D eigenvalue weighted by Crippen LogP contribution is 2.70. The lowest BCUT2D eigenvalue weighted by atomic mass is 9.85. The van der Waals surface area contributed by atoms with Crippen LogP contribution in [0.3, 0.4) is 0 Å². The Morgan fingerprint density at radius 1 is 1.20 bits per heavy atom. The quantitative estimate of drug-likeness (QED) is 0.264. The molecule has 1 unspecified atom stereocenters. The number of carbonyl (C=O) groups excluding carboxylic acids is 4. The molecule has 1 aromatic carbocycles. The largest absolute Gasteiger partial charge is 0.449 e. The molecule has 1 saturated carbocycles. The molecule has 50 heavy (non-hydrogen) atoms. The van der Waals surface area contributed by atoms with E-state index >= 15 is 0 Å². The van der Waals surface area contributed by atoms with E-state index in [-0.39, 0.29) is 38.0 Å². The summed E-state index contributed by atoms with van der Waals surface area (Å²) >= 11 is 0. The molecule has 4 amide bonds. The first-order valence-electron chi connectivity index (χ1n) is 17.6. The summed E-state index contributed by atoms with van der Waals surface area (Å²) in [7, 11) is -4.34. The number of rotatable bonds is 6. The zero-order chi connectivity index (χ0) is 36.6. The Kier molecular flexibility index (Phi) is 10.8. The predicted molar refractivity (Wildman–Crippen MR) is 186 cm³/mol. The molecular formula is C36H53N4O9P. The first-order valence-corrected chi connectivity index (χ1v) is 19.2. The standard InChI is InChI=1S/C36H53N4O9P/c1-8-25-18-36(25,50(45,46)48-9-2)38-30(41)28-17-26-20-40(28)31(42)29(34(3,4)5)37-32(43)47-22-35(6,7)16-11-10-13-23-14-12-15-24-19-39(21-27(23)24)33(44)49-26/h8,12,14-15,25-26,28-29H,1,9-11,13,16-22H2,2-7H3,(H,37,43)(H,38,41)(H,45,46)/t25-,26-,28+,29-,36+/m1/s1. The number of hydrogen-bond acceptors (Lipinski definition) is 8. The minimum atomic E-state index is -4.34. The van der Waals surface area contributed by atoms with E-state index in [9.17, 15) is 28.6 Å². The maximum atomic E-state index is 14.4. The second-order valence-corrected chi connectivity index (χ2v) is 18.0. The van der Waals surface area contributed by atoms with Crippen LogP contribution in [0.2, 0.25) is 0 Å². The Morgan fingerprint density at radius 2 is 1.92 bits per heavy atom. The van der Waals surface area contributed by atoms with Gasteiger partial charge < -0.3 is 34.4 Å². The maximum Gasteiger partial charge on any atom is 0.410 e. The minimum absolute atomic E-state index is 0.0462. The molecule has 5 rings (SSSR count). The van der Waals surface area contributed by atoms with Gasteiger partial charge in [0.2, 0.25) is 11.8 Å². The van der Waals surface area contributed by atoms with Crippen molar-refractivity contribution in [2.24, 2.45) is 16.7 Å². The van der Waals surface area contributed by atoms with E-state index in [0.717, 1.165) is 36.8 Å². The van der Waals surface area contributed by atoms with Crippen LogP contribution in [-0.2, 0) is 47.7 Å². The van der Waals surface area contributed by atoms with Crippen molar-refractivity contribution in [1.29, 1.82) is 0 Å². The van der Waals surface area contributed by atoms with Gasteiger partial charge >= 0.3 is 19.8 Å². The van der Waals surface area contributed by atoms with Gasteiger partial charge in [0.1, 0.15) is 23.5 Å². The molecule has 0 aromatic heterocycles. The molecule has 6 atom stereocenters. The van der Waals surface area contributed by atoms with Crippen molar-refractivity contribution in [2.75, 3.05) is 19.8 Å². The van der Waals surface area contributed by atoms with Crippen molar-refractivity contribution in [3.05, 3.63) is 47.5 Å². The fraction of sp³-hybridized carbons (Fsp3) is 0.667. The summed E-state index contributed by atoms with van der Waals surface area (Å²) in [6.45, 7) is 15.5. The molecule has 0 spiro atoms. The number of hydrogen-bond donors (Lipinski definition) is 3. The third kappa shape index (κ3) is 7.90. The first-order chi connectivity index (χ1) is 23.4. The Hall–Kier alpha value is -3.41. The molecule has 2 fully saturated rings. The Labute approximate surface area is 295 Å². The summed E-state index contributed by atoms with van der Waals surface area (Å²) in [5, 5.41) is 3.89. The number of cyclic esters (lactones) is 1. The van der Waals surface area contributed by atoms with Gasteiger partial charge in [0.15, 0.2) is 0 Å². The zero-order valence-electron chi connectivity index (χ0n) is 30.2. The summed E-state index contributed by atoms with van der Waals surface area (Å²) in [4.78, 5) is 69.1. The molecule has 1 saturated heterocycles. The van der Waals surface area contributed by atoms with Gasteiger partial charge in [-0.25, -0.2) is 9.59 Å². The normalized spacial score (nSPS) is 30.0. The summed E-state index contributed by atoms with van der Waals surface area (Å²) in [6, 6.07) is 3.82. The van der Waals surface area contributed by atoms with E-state index in [0.29, 0.717) is 13.1 Å². The van der Waals surface area contributed by atoms with Crippen LogP contribution in [0, 0.1) is 16.7 Å².